The van der Waals surface area contributed by atoms with Crippen molar-refractivity contribution in [3.05, 3.63) is 47.2 Å². The predicted molar refractivity (Wildman–Crippen MR) is 146 cm³/mol. The highest BCUT2D eigenvalue weighted by molar-refractivity contribution is 7.28. The minimum absolute atomic E-state index is 0.0968. The van der Waals surface area contributed by atoms with Gasteiger partial charge in [-0.05, 0) is 38.1 Å². The summed E-state index contributed by atoms with van der Waals surface area (Å²) in [5, 5.41) is 14.9. The van der Waals surface area contributed by atoms with Crippen LogP contribution in [0.5, 0.6) is 5.75 Å². The number of aromatic nitrogens is 2. The summed E-state index contributed by atoms with van der Waals surface area (Å²) in [6, 6.07) is 9.51. The number of primary amides is 1. The van der Waals surface area contributed by atoms with Crippen LogP contribution in [0, 0.1) is 0 Å². The number of ether oxygens (including phenoxy) is 1. The molecule has 1 aromatic heterocycles. The molecule has 0 saturated carbocycles. The number of piperidine rings is 1. The second-order valence-corrected chi connectivity index (χ2v) is 10.0. The lowest BCUT2D eigenvalue weighted by Crippen LogP contribution is -2.61. The van der Waals surface area contributed by atoms with Crippen molar-refractivity contribution in [1.82, 2.24) is 19.8 Å². The molecule has 1 fully saturated rings. The number of likely N-dealkylation sites (N-methyl/N-ethyl adjacent to an activating group) is 1. The van der Waals surface area contributed by atoms with Gasteiger partial charge >= 0.3 is 0 Å². The van der Waals surface area contributed by atoms with Crippen molar-refractivity contribution < 1.29 is 14.6 Å². The second kappa shape index (κ2) is 11.2. The standard InChI is InChI=1S/C25H32ClN6O3P/c1-31(25(24(27)34)6-8-32(9-7-25)10-11-33)14-16-12-17-20(13-21(16)35-2)28-15-29-23(17)30-19-5-3-4-18(26)22(19)36/h3-5,12-13,15,33H,6-11,14,36H2,1-2H3,(H2,27,34)(H,28,29,30). The molecule has 36 heavy (non-hydrogen) atoms. The Morgan fingerprint density at radius 2 is 2.08 bits per heavy atom. The molecule has 0 spiro atoms. The van der Waals surface area contributed by atoms with Gasteiger partial charge in [0.1, 0.15) is 23.4 Å². The number of carbonyl (C=O) groups is 1. The zero-order valence-electron chi connectivity index (χ0n) is 20.5. The Morgan fingerprint density at radius 3 is 2.75 bits per heavy atom. The summed E-state index contributed by atoms with van der Waals surface area (Å²) < 4.78 is 5.70. The van der Waals surface area contributed by atoms with E-state index in [-0.39, 0.29) is 12.5 Å². The van der Waals surface area contributed by atoms with Crippen LogP contribution >= 0.6 is 20.8 Å². The van der Waals surface area contributed by atoms with Crippen molar-refractivity contribution in [2.75, 3.05) is 45.7 Å². The number of likely N-dealkylation sites (tertiary alicyclic amines) is 1. The maximum Gasteiger partial charge on any atom is 0.238 e. The molecule has 1 amide bonds. The summed E-state index contributed by atoms with van der Waals surface area (Å²) in [5.74, 6) is 0.971. The first kappa shape index (κ1) is 26.5. The lowest BCUT2D eigenvalue weighted by atomic mass is 9.84. The zero-order valence-corrected chi connectivity index (χ0v) is 22.4. The Bertz CT molecular complexity index is 1250. The van der Waals surface area contributed by atoms with Crippen molar-refractivity contribution in [2.24, 2.45) is 5.73 Å². The first-order valence-electron chi connectivity index (χ1n) is 11.8. The van der Waals surface area contributed by atoms with E-state index in [1.807, 2.05) is 42.3 Å². The molecule has 9 nitrogen and oxygen atoms in total. The van der Waals surface area contributed by atoms with Crippen LogP contribution in [0.15, 0.2) is 36.7 Å². The van der Waals surface area contributed by atoms with Gasteiger partial charge in [0, 0.05) is 59.2 Å². The third-order valence-corrected chi connectivity index (χ3v) is 8.17. The number of rotatable bonds is 9. The quantitative estimate of drug-likeness (QED) is 0.361. The second-order valence-electron chi connectivity index (χ2n) is 9.05. The van der Waals surface area contributed by atoms with Gasteiger partial charge in [0.25, 0.3) is 0 Å². The number of nitrogens with two attached hydrogens (primary N) is 1. The van der Waals surface area contributed by atoms with Gasteiger partial charge in [0.15, 0.2) is 0 Å². The largest absolute Gasteiger partial charge is 0.496 e. The zero-order chi connectivity index (χ0) is 25.9. The number of fused-ring (bicyclic) bond motifs is 1. The third-order valence-electron chi connectivity index (χ3n) is 7.04. The Balaban J connectivity index is 1.67. The summed E-state index contributed by atoms with van der Waals surface area (Å²) in [4.78, 5) is 25.8. The van der Waals surface area contributed by atoms with Crippen LogP contribution in [0.1, 0.15) is 18.4 Å². The monoisotopic (exact) mass is 530 g/mol. The van der Waals surface area contributed by atoms with E-state index < -0.39 is 5.54 Å². The number of nitrogens with zero attached hydrogens (tertiary/aromatic N) is 4. The Labute approximate surface area is 218 Å². The van der Waals surface area contributed by atoms with Gasteiger partial charge in [0.05, 0.1) is 19.2 Å². The minimum atomic E-state index is -0.782. The van der Waals surface area contributed by atoms with Crippen LogP contribution in [0.3, 0.4) is 0 Å². The lowest BCUT2D eigenvalue weighted by molar-refractivity contribution is -0.133. The van der Waals surface area contributed by atoms with Crippen LogP contribution in [0.2, 0.25) is 5.02 Å². The van der Waals surface area contributed by atoms with Crippen LogP contribution < -0.4 is 21.1 Å². The Hall–Kier alpha value is -2.55. The van der Waals surface area contributed by atoms with E-state index in [2.05, 4.69) is 29.4 Å². The fourth-order valence-electron chi connectivity index (χ4n) is 4.83. The molecular formula is C25H32ClN6O3P. The summed E-state index contributed by atoms with van der Waals surface area (Å²) in [5.41, 5.74) is 7.61. The molecule has 2 heterocycles. The number of nitrogens with one attached hydrogen (secondary N) is 1. The first-order chi connectivity index (χ1) is 17.3. The molecule has 0 radical (unpaired) electrons. The number of hydrogen-bond donors (Lipinski definition) is 3. The van der Waals surface area contributed by atoms with Gasteiger partial charge in [-0.2, -0.15) is 0 Å². The third kappa shape index (κ3) is 5.26. The van der Waals surface area contributed by atoms with Gasteiger partial charge in [-0.25, -0.2) is 9.97 Å². The molecule has 4 N–H and O–H groups in total. The number of hydrogen-bond acceptors (Lipinski definition) is 8. The number of anilines is 2. The van der Waals surface area contributed by atoms with Gasteiger partial charge < -0.3 is 25.8 Å². The van der Waals surface area contributed by atoms with Gasteiger partial charge in [-0.3, -0.25) is 9.69 Å². The van der Waals surface area contributed by atoms with E-state index in [1.165, 1.54) is 6.33 Å². The van der Waals surface area contributed by atoms with Gasteiger partial charge in [-0.15, -0.1) is 9.24 Å². The normalized spacial score (nSPS) is 15.8. The number of methoxy groups -OCH3 is 1. The maximum atomic E-state index is 12.7. The number of carbonyl (C=O) groups excluding carboxylic acids is 1. The van der Waals surface area contributed by atoms with E-state index in [0.717, 1.165) is 27.5 Å². The number of halogens is 1. The molecule has 11 heteroatoms. The van der Waals surface area contributed by atoms with Crippen molar-refractivity contribution in [3.63, 3.8) is 0 Å². The predicted octanol–water partition coefficient (Wildman–Crippen LogP) is 2.28. The average molecular weight is 531 g/mol. The lowest BCUT2D eigenvalue weighted by Gasteiger charge is -2.45. The Morgan fingerprint density at radius 1 is 1.33 bits per heavy atom. The molecule has 4 rings (SSSR count). The van der Waals surface area contributed by atoms with Crippen LogP contribution in [-0.4, -0.2) is 76.7 Å². The smallest absolute Gasteiger partial charge is 0.238 e. The molecule has 1 unspecified atom stereocenters. The highest BCUT2D eigenvalue weighted by atomic mass is 35.5. The molecule has 1 aliphatic rings. The molecule has 3 aromatic rings. The SMILES string of the molecule is COc1cc2ncnc(Nc3cccc(Cl)c3P)c2cc1CN(C)C1(C(N)=O)CCN(CCO)CC1. The summed E-state index contributed by atoms with van der Waals surface area (Å²) in [6.45, 7) is 2.53. The first-order valence-corrected chi connectivity index (χ1v) is 12.7. The topological polar surface area (TPSA) is 117 Å². The highest BCUT2D eigenvalue weighted by Crippen LogP contribution is 2.34. The molecular weight excluding hydrogens is 499 g/mol. The molecule has 2 aromatic carbocycles. The molecule has 192 valence electrons. The van der Waals surface area contributed by atoms with Crippen molar-refractivity contribution in [1.29, 1.82) is 0 Å². The fraction of sp³-hybridized carbons (Fsp3) is 0.400. The summed E-state index contributed by atoms with van der Waals surface area (Å²) in [6.07, 6.45) is 2.69. The number of amides is 1. The minimum Gasteiger partial charge on any atom is -0.496 e. The average Bonchev–Trinajstić information content (AvgIpc) is 2.87. The fourth-order valence-corrected chi connectivity index (χ4v) is 5.27. The van der Waals surface area contributed by atoms with Gasteiger partial charge in [-0.1, -0.05) is 17.7 Å². The van der Waals surface area contributed by atoms with E-state index in [4.69, 9.17) is 22.1 Å². The van der Waals surface area contributed by atoms with Gasteiger partial charge in [0.2, 0.25) is 5.91 Å². The summed E-state index contributed by atoms with van der Waals surface area (Å²) in [7, 11) is 6.19. The van der Waals surface area contributed by atoms with Crippen LogP contribution in [0.25, 0.3) is 10.9 Å². The van der Waals surface area contributed by atoms with E-state index in [1.54, 1.807) is 7.11 Å². The number of benzene rings is 2. The maximum absolute atomic E-state index is 12.7. The highest BCUT2D eigenvalue weighted by Gasteiger charge is 2.43. The Kier molecular flexibility index (Phi) is 8.27. The molecule has 1 atom stereocenters. The van der Waals surface area contributed by atoms with Crippen molar-refractivity contribution in [2.45, 2.75) is 24.9 Å². The molecule has 1 aliphatic heterocycles. The van der Waals surface area contributed by atoms with Crippen molar-refractivity contribution >= 4 is 54.5 Å². The molecule has 1 saturated heterocycles. The molecule has 0 bridgehead atoms. The van der Waals surface area contributed by atoms with Crippen LogP contribution in [-0.2, 0) is 11.3 Å². The van der Waals surface area contributed by atoms with Crippen LogP contribution in [0.4, 0.5) is 11.5 Å². The molecule has 0 aliphatic carbocycles. The van der Waals surface area contributed by atoms with E-state index in [9.17, 15) is 9.90 Å². The van der Waals surface area contributed by atoms with Crippen molar-refractivity contribution in [3.8, 4) is 5.75 Å². The number of β-amino-alcohol motifs (C(OH)–C–C–N with tert-alkyl or cyclic N) is 1. The van der Waals surface area contributed by atoms with E-state index in [0.29, 0.717) is 55.6 Å². The number of aliphatic hydroxyl groups is 1. The number of aliphatic hydroxyl groups excluding tert-OH is 1. The van der Waals surface area contributed by atoms with E-state index >= 15 is 0 Å². The summed E-state index contributed by atoms with van der Waals surface area (Å²) >= 11 is 6.29.